The third-order valence-electron chi connectivity index (χ3n) is 13.6. The second kappa shape index (κ2) is 54.2. The highest BCUT2D eigenvalue weighted by Gasteiger charge is 2.20. The van der Waals surface area contributed by atoms with Gasteiger partial charge in [-0.25, -0.2) is 0 Å². The lowest BCUT2D eigenvalue weighted by atomic mass is 10.0. The van der Waals surface area contributed by atoms with E-state index < -0.39 is 12.1 Å². The molecule has 64 heavy (non-hydrogen) atoms. The number of ether oxygens (including phenoxy) is 1. The van der Waals surface area contributed by atoms with Crippen molar-refractivity contribution in [3.63, 3.8) is 0 Å². The summed E-state index contributed by atoms with van der Waals surface area (Å²) in [7, 11) is 0. The van der Waals surface area contributed by atoms with Crippen molar-refractivity contribution >= 4 is 11.9 Å². The van der Waals surface area contributed by atoms with E-state index in [4.69, 9.17) is 4.74 Å². The molecule has 0 rings (SSSR count). The van der Waals surface area contributed by atoms with Crippen LogP contribution in [-0.2, 0) is 14.3 Å². The number of hydrogen-bond donors (Lipinski definition) is 3. The van der Waals surface area contributed by atoms with Gasteiger partial charge in [-0.05, 0) is 51.4 Å². The molecule has 1 amide bonds. The first kappa shape index (κ1) is 62.6. The molecule has 0 saturated carbocycles. The van der Waals surface area contributed by atoms with E-state index in [-0.39, 0.29) is 18.5 Å². The number of carbonyl (C=O) groups excluding carboxylic acids is 2. The maximum Gasteiger partial charge on any atom is 0.305 e. The lowest BCUT2D eigenvalue weighted by molar-refractivity contribution is -0.143. The average Bonchev–Trinajstić information content (AvgIpc) is 3.29. The Hall–Kier alpha value is -1.40. The van der Waals surface area contributed by atoms with Crippen molar-refractivity contribution in [3.05, 3.63) is 12.2 Å². The number of aliphatic hydroxyl groups is 2. The van der Waals surface area contributed by atoms with Gasteiger partial charge in [0, 0.05) is 12.8 Å². The summed E-state index contributed by atoms with van der Waals surface area (Å²) in [5, 5.41) is 23.3. The third kappa shape index (κ3) is 50.0. The summed E-state index contributed by atoms with van der Waals surface area (Å²) in [5.41, 5.74) is 0. The molecule has 0 aromatic carbocycles. The summed E-state index contributed by atoms with van der Waals surface area (Å²) >= 11 is 0. The number of unbranched alkanes of at least 4 members (excludes halogenated alkanes) is 41. The summed E-state index contributed by atoms with van der Waals surface area (Å²) < 4.78 is 5.47. The second-order valence-corrected chi connectivity index (χ2v) is 20.0. The van der Waals surface area contributed by atoms with Crippen molar-refractivity contribution in [1.29, 1.82) is 0 Å². The van der Waals surface area contributed by atoms with Crippen molar-refractivity contribution < 1.29 is 24.5 Å². The van der Waals surface area contributed by atoms with E-state index >= 15 is 0 Å². The SMILES string of the molecule is CCCCCCCC/C=C\CCCCCCCCCC(=O)OCCCCCCCCCCCCC(=O)NC(CO)C(O)CCCCCCCCCCCCCCCCCCCCCC. The zero-order valence-electron chi connectivity index (χ0n) is 43.3. The minimum atomic E-state index is -0.679. The van der Waals surface area contributed by atoms with E-state index in [1.54, 1.807) is 0 Å². The van der Waals surface area contributed by atoms with Crippen LogP contribution in [0.4, 0.5) is 0 Å². The minimum absolute atomic E-state index is 0.0210. The molecule has 0 radical (unpaired) electrons. The number of esters is 1. The summed E-state index contributed by atoms with van der Waals surface area (Å²) in [5.74, 6) is -0.0756. The molecule has 0 spiro atoms. The van der Waals surface area contributed by atoms with Crippen LogP contribution in [0.2, 0.25) is 0 Å². The molecule has 380 valence electrons. The lowest BCUT2D eigenvalue weighted by Gasteiger charge is -2.22. The summed E-state index contributed by atoms with van der Waals surface area (Å²) in [4.78, 5) is 24.6. The van der Waals surface area contributed by atoms with E-state index in [0.29, 0.717) is 25.9 Å². The summed E-state index contributed by atoms with van der Waals surface area (Å²) in [6.45, 7) is 4.92. The van der Waals surface area contributed by atoms with E-state index in [1.807, 2.05) is 0 Å². The Morgan fingerprint density at radius 3 is 1.11 bits per heavy atom. The fraction of sp³-hybridized carbons (Fsp3) is 0.931. The highest BCUT2D eigenvalue weighted by molar-refractivity contribution is 5.76. The van der Waals surface area contributed by atoms with Crippen LogP contribution < -0.4 is 5.32 Å². The Balaban J connectivity index is 3.46. The Labute approximate surface area is 399 Å². The van der Waals surface area contributed by atoms with Gasteiger partial charge in [-0.1, -0.05) is 270 Å². The number of hydrogen-bond acceptors (Lipinski definition) is 5. The maximum absolute atomic E-state index is 12.5. The molecule has 2 atom stereocenters. The number of aliphatic hydroxyl groups excluding tert-OH is 2. The smallest absolute Gasteiger partial charge is 0.305 e. The van der Waals surface area contributed by atoms with Gasteiger partial charge in [-0.15, -0.1) is 0 Å². The van der Waals surface area contributed by atoms with Crippen LogP contribution >= 0.6 is 0 Å². The van der Waals surface area contributed by atoms with Gasteiger partial charge in [0.05, 0.1) is 25.4 Å². The zero-order chi connectivity index (χ0) is 46.5. The molecule has 6 nitrogen and oxygen atoms in total. The molecular formula is C58H113NO5. The fourth-order valence-electron chi connectivity index (χ4n) is 9.11. The van der Waals surface area contributed by atoms with Gasteiger partial charge < -0.3 is 20.3 Å². The highest BCUT2D eigenvalue weighted by atomic mass is 16.5. The minimum Gasteiger partial charge on any atom is -0.466 e. The van der Waals surface area contributed by atoms with Crippen LogP contribution in [0.15, 0.2) is 12.2 Å². The molecule has 0 saturated heterocycles. The van der Waals surface area contributed by atoms with Gasteiger partial charge in [-0.2, -0.15) is 0 Å². The van der Waals surface area contributed by atoms with Crippen molar-refractivity contribution in [3.8, 4) is 0 Å². The Kier molecular flexibility index (Phi) is 53.0. The van der Waals surface area contributed by atoms with E-state index in [9.17, 15) is 19.8 Å². The van der Waals surface area contributed by atoms with Crippen LogP contribution in [0.25, 0.3) is 0 Å². The van der Waals surface area contributed by atoms with Crippen molar-refractivity contribution in [1.82, 2.24) is 5.32 Å². The zero-order valence-corrected chi connectivity index (χ0v) is 43.3. The van der Waals surface area contributed by atoms with E-state index in [0.717, 1.165) is 57.8 Å². The van der Waals surface area contributed by atoms with Crippen LogP contribution in [0, 0.1) is 0 Å². The average molecular weight is 905 g/mol. The molecule has 0 aromatic heterocycles. The van der Waals surface area contributed by atoms with Gasteiger partial charge in [0.1, 0.15) is 0 Å². The van der Waals surface area contributed by atoms with Crippen LogP contribution in [0.5, 0.6) is 0 Å². The standard InChI is InChI=1S/C58H113NO5/c1-3-5-7-9-11-13-15-17-19-21-22-23-25-26-28-30-34-38-42-46-50-56(61)55(54-60)59-57(62)51-47-43-39-35-32-33-37-41-45-49-53-64-58(63)52-48-44-40-36-31-29-27-24-20-18-16-14-12-10-8-6-4-2/h18,20,55-56,60-61H,3-17,19,21-54H2,1-2H3,(H,59,62)/b20-18-. The normalized spacial score (nSPS) is 12.6. The first-order valence-electron chi connectivity index (χ1n) is 28.9. The van der Waals surface area contributed by atoms with Gasteiger partial charge in [0.2, 0.25) is 5.91 Å². The largest absolute Gasteiger partial charge is 0.466 e. The Morgan fingerprint density at radius 1 is 0.422 bits per heavy atom. The fourth-order valence-corrected chi connectivity index (χ4v) is 9.11. The third-order valence-corrected chi connectivity index (χ3v) is 13.6. The molecule has 0 bridgehead atoms. The predicted molar refractivity (Wildman–Crippen MR) is 278 cm³/mol. The predicted octanol–water partition coefficient (Wildman–Crippen LogP) is 17.7. The number of nitrogens with one attached hydrogen (secondary N) is 1. The van der Waals surface area contributed by atoms with Crippen molar-refractivity contribution in [2.45, 2.75) is 334 Å². The number of amides is 1. The molecule has 0 aliphatic rings. The van der Waals surface area contributed by atoms with Gasteiger partial charge in [0.25, 0.3) is 0 Å². The first-order valence-corrected chi connectivity index (χ1v) is 28.9. The van der Waals surface area contributed by atoms with Gasteiger partial charge in [-0.3, -0.25) is 9.59 Å². The molecule has 6 heteroatoms. The van der Waals surface area contributed by atoms with Crippen LogP contribution in [0.1, 0.15) is 322 Å². The van der Waals surface area contributed by atoms with Gasteiger partial charge >= 0.3 is 5.97 Å². The highest BCUT2D eigenvalue weighted by Crippen LogP contribution is 2.17. The number of allylic oxidation sites excluding steroid dienone is 2. The van der Waals surface area contributed by atoms with E-state index in [2.05, 4.69) is 31.3 Å². The molecule has 0 fully saturated rings. The van der Waals surface area contributed by atoms with Crippen molar-refractivity contribution in [2.75, 3.05) is 13.2 Å². The quantitative estimate of drug-likeness (QED) is 0.0321. The second-order valence-electron chi connectivity index (χ2n) is 20.0. The Bertz CT molecular complexity index is 955. The summed E-state index contributed by atoms with van der Waals surface area (Å²) in [6.07, 6.45) is 63.4. The summed E-state index contributed by atoms with van der Waals surface area (Å²) in [6, 6.07) is -0.558. The number of rotatable bonds is 54. The molecule has 2 unspecified atom stereocenters. The topological polar surface area (TPSA) is 95.9 Å². The van der Waals surface area contributed by atoms with Crippen molar-refractivity contribution in [2.24, 2.45) is 0 Å². The van der Waals surface area contributed by atoms with E-state index in [1.165, 1.54) is 231 Å². The van der Waals surface area contributed by atoms with Crippen LogP contribution in [0.3, 0.4) is 0 Å². The Morgan fingerprint density at radius 2 is 0.734 bits per heavy atom. The molecule has 0 aromatic rings. The lowest BCUT2D eigenvalue weighted by Crippen LogP contribution is -2.45. The first-order chi connectivity index (χ1) is 31.5. The molecule has 0 aliphatic heterocycles. The molecule has 3 N–H and O–H groups in total. The number of carbonyl (C=O) groups is 2. The molecular weight excluding hydrogens is 791 g/mol. The monoisotopic (exact) mass is 904 g/mol. The van der Waals surface area contributed by atoms with Crippen LogP contribution in [-0.4, -0.2) is 47.4 Å². The maximum atomic E-state index is 12.5. The molecule has 0 aliphatic carbocycles. The van der Waals surface area contributed by atoms with Gasteiger partial charge in [0.15, 0.2) is 0 Å². The molecule has 0 heterocycles.